The highest BCUT2D eigenvalue weighted by Gasteiger charge is 2.36. The van der Waals surface area contributed by atoms with Crippen LogP contribution in [0.2, 0.25) is 0 Å². The van der Waals surface area contributed by atoms with Crippen molar-refractivity contribution >= 4 is 17.7 Å². The van der Waals surface area contributed by atoms with Gasteiger partial charge in [0, 0.05) is 13.6 Å². The average molecular weight is 296 g/mol. The van der Waals surface area contributed by atoms with Crippen LogP contribution in [-0.4, -0.2) is 56.6 Å². The zero-order valence-electron chi connectivity index (χ0n) is 11.7. The minimum absolute atomic E-state index is 0.193. The van der Waals surface area contributed by atoms with Crippen LogP contribution in [0.5, 0.6) is 0 Å². The van der Waals surface area contributed by atoms with Gasteiger partial charge in [-0.3, -0.25) is 4.79 Å². The molecule has 0 spiro atoms. The summed E-state index contributed by atoms with van der Waals surface area (Å²) in [6.45, 7) is 1.39. The second-order valence-corrected chi connectivity index (χ2v) is 6.30. The van der Waals surface area contributed by atoms with E-state index >= 15 is 0 Å². The van der Waals surface area contributed by atoms with Crippen LogP contribution >= 0.6 is 11.8 Å². The highest BCUT2D eigenvalue weighted by atomic mass is 32.2. The number of carbonyl (C=O) groups excluding carboxylic acids is 1. The lowest BCUT2D eigenvalue weighted by molar-refractivity contribution is -0.146. The molecule has 0 radical (unpaired) electrons. The molecular formula is C13H20N4O2S. The molecule has 0 aromatic carbocycles. The van der Waals surface area contributed by atoms with Crippen LogP contribution in [0.1, 0.15) is 25.7 Å². The van der Waals surface area contributed by atoms with Crippen molar-refractivity contribution in [2.75, 3.05) is 18.9 Å². The maximum atomic E-state index is 12.5. The van der Waals surface area contributed by atoms with Gasteiger partial charge in [-0.1, -0.05) is 24.6 Å². The molecule has 1 saturated heterocycles. The van der Waals surface area contributed by atoms with Gasteiger partial charge in [0.25, 0.3) is 0 Å². The number of nitrogens with zero attached hydrogens (tertiary/aromatic N) is 4. The summed E-state index contributed by atoms with van der Waals surface area (Å²) in [4.78, 5) is 14.5. The second kappa shape index (κ2) is 6.13. The molecule has 1 saturated carbocycles. The first kappa shape index (κ1) is 13.9. The second-order valence-electron chi connectivity index (χ2n) is 5.36. The van der Waals surface area contributed by atoms with Crippen LogP contribution in [0.15, 0.2) is 11.5 Å². The fourth-order valence-electron chi connectivity index (χ4n) is 3.02. The van der Waals surface area contributed by atoms with Crippen molar-refractivity contribution in [2.24, 2.45) is 7.05 Å². The van der Waals surface area contributed by atoms with Gasteiger partial charge >= 0.3 is 0 Å². The lowest BCUT2D eigenvalue weighted by atomic mass is 9.90. The molecule has 2 unspecified atom stereocenters. The van der Waals surface area contributed by atoms with Crippen LogP contribution < -0.4 is 0 Å². The summed E-state index contributed by atoms with van der Waals surface area (Å²) in [5.74, 6) is 0.619. The Bertz CT molecular complexity index is 477. The highest BCUT2D eigenvalue weighted by molar-refractivity contribution is 7.99. The highest BCUT2D eigenvalue weighted by Crippen LogP contribution is 2.29. The van der Waals surface area contributed by atoms with Crippen LogP contribution in [0, 0.1) is 0 Å². The molecule has 2 aliphatic rings. The Balaban J connectivity index is 1.59. The van der Waals surface area contributed by atoms with E-state index in [-0.39, 0.29) is 18.1 Å². The third kappa shape index (κ3) is 2.83. The molecule has 6 nitrogen and oxygen atoms in total. The Morgan fingerprint density at radius 3 is 3.15 bits per heavy atom. The number of thioether (sulfide) groups is 1. The largest absolute Gasteiger partial charge is 0.374 e. The Morgan fingerprint density at radius 1 is 1.50 bits per heavy atom. The van der Waals surface area contributed by atoms with Crippen molar-refractivity contribution in [1.29, 1.82) is 0 Å². The van der Waals surface area contributed by atoms with Gasteiger partial charge < -0.3 is 14.2 Å². The molecule has 2 fully saturated rings. The molecule has 110 valence electrons. The molecule has 1 aliphatic heterocycles. The molecule has 0 bridgehead atoms. The Labute approximate surface area is 122 Å². The van der Waals surface area contributed by atoms with E-state index in [1.165, 1.54) is 24.6 Å². The van der Waals surface area contributed by atoms with Crippen LogP contribution in [0.3, 0.4) is 0 Å². The van der Waals surface area contributed by atoms with Crippen molar-refractivity contribution in [1.82, 2.24) is 19.7 Å². The number of morpholine rings is 1. The average Bonchev–Trinajstić information content (AvgIpc) is 2.89. The summed E-state index contributed by atoms with van der Waals surface area (Å²) in [6, 6.07) is 0.282. The third-order valence-electron chi connectivity index (χ3n) is 4.05. The maximum Gasteiger partial charge on any atom is 0.233 e. The molecule has 0 N–H and O–H groups in total. The van der Waals surface area contributed by atoms with Crippen LogP contribution in [-0.2, 0) is 16.6 Å². The standard InChI is InChI=1S/C13H20N4O2S/c1-16-9-14-15-13(16)20-8-12(18)17-6-7-19-11-5-3-2-4-10(11)17/h9-11H,2-8H2,1H3. The molecular weight excluding hydrogens is 276 g/mol. The zero-order valence-corrected chi connectivity index (χ0v) is 12.5. The lowest BCUT2D eigenvalue weighted by Gasteiger charge is -2.43. The van der Waals surface area contributed by atoms with Gasteiger partial charge in [-0.05, 0) is 12.8 Å². The minimum Gasteiger partial charge on any atom is -0.374 e. The van der Waals surface area contributed by atoms with Crippen molar-refractivity contribution in [2.45, 2.75) is 43.0 Å². The van der Waals surface area contributed by atoms with E-state index < -0.39 is 0 Å². The van der Waals surface area contributed by atoms with E-state index in [2.05, 4.69) is 10.2 Å². The number of ether oxygens (including phenoxy) is 1. The maximum absolute atomic E-state index is 12.5. The lowest BCUT2D eigenvalue weighted by Crippen LogP contribution is -2.55. The van der Waals surface area contributed by atoms with E-state index in [1.54, 1.807) is 6.33 Å². The quantitative estimate of drug-likeness (QED) is 0.781. The molecule has 2 heterocycles. The van der Waals surface area contributed by atoms with Gasteiger partial charge in [-0.25, -0.2) is 0 Å². The van der Waals surface area contributed by atoms with Gasteiger partial charge in [0.15, 0.2) is 5.16 Å². The van der Waals surface area contributed by atoms with Gasteiger partial charge in [0.2, 0.25) is 5.91 Å². The van der Waals surface area contributed by atoms with Crippen LogP contribution in [0.25, 0.3) is 0 Å². The summed E-state index contributed by atoms with van der Waals surface area (Å²) in [5.41, 5.74) is 0. The first-order valence-corrected chi connectivity index (χ1v) is 8.12. The SMILES string of the molecule is Cn1cnnc1SCC(=O)N1CCOC2CCCCC21. The first-order valence-electron chi connectivity index (χ1n) is 7.13. The van der Waals surface area contributed by atoms with Crippen LogP contribution in [0.4, 0.5) is 0 Å². The minimum atomic E-state index is 0.193. The molecule has 3 rings (SSSR count). The number of aromatic nitrogens is 3. The summed E-state index contributed by atoms with van der Waals surface area (Å²) in [7, 11) is 1.89. The third-order valence-corrected chi connectivity index (χ3v) is 5.07. The first-order chi connectivity index (χ1) is 9.75. The van der Waals surface area contributed by atoms with E-state index in [9.17, 15) is 4.79 Å². The molecule has 1 aromatic rings. The molecule has 2 atom stereocenters. The molecule has 7 heteroatoms. The normalized spacial score (nSPS) is 26.4. The summed E-state index contributed by atoms with van der Waals surface area (Å²) >= 11 is 1.45. The van der Waals surface area contributed by atoms with Crippen molar-refractivity contribution in [3.05, 3.63) is 6.33 Å². The molecule has 1 aliphatic carbocycles. The summed E-state index contributed by atoms with van der Waals surface area (Å²) in [6.07, 6.45) is 6.48. The fourth-order valence-corrected chi connectivity index (χ4v) is 3.79. The fraction of sp³-hybridized carbons (Fsp3) is 0.769. The Hall–Kier alpha value is -1.08. The number of carbonyl (C=O) groups is 1. The monoisotopic (exact) mass is 296 g/mol. The van der Waals surface area contributed by atoms with E-state index in [4.69, 9.17) is 4.74 Å². The van der Waals surface area contributed by atoms with Crippen molar-refractivity contribution in [3.63, 3.8) is 0 Å². The van der Waals surface area contributed by atoms with E-state index in [0.29, 0.717) is 12.4 Å². The predicted molar refractivity (Wildman–Crippen MR) is 75.4 cm³/mol. The van der Waals surface area contributed by atoms with Crippen molar-refractivity contribution < 1.29 is 9.53 Å². The zero-order chi connectivity index (χ0) is 13.9. The number of rotatable bonds is 3. The van der Waals surface area contributed by atoms with E-state index in [0.717, 1.165) is 24.5 Å². The molecule has 1 aromatic heterocycles. The summed E-state index contributed by atoms with van der Waals surface area (Å²) < 4.78 is 7.64. The number of hydrogen-bond donors (Lipinski definition) is 0. The number of fused-ring (bicyclic) bond motifs is 1. The smallest absolute Gasteiger partial charge is 0.233 e. The van der Waals surface area contributed by atoms with Gasteiger partial charge in [-0.2, -0.15) is 0 Å². The van der Waals surface area contributed by atoms with Crippen molar-refractivity contribution in [3.8, 4) is 0 Å². The van der Waals surface area contributed by atoms with E-state index in [1.807, 2.05) is 16.5 Å². The topological polar surface area (TPSA) is 60.2 Å². The van der Waals surface area contributed by atoms with Gasteiger partial charge in [0.05, 0.1) is 24.5 Å². The predicted octanol–water partition coefficient (Wildman–Crippen LogP) is 1.08. The number of hydrogen-bond acceptors (Lipinski definition) is 5. The number of aryl methyl sites for hydroxylation is 1. The Kier molecular flexibility index (Phi) is 4.26. The van der Waals surface area contributed by atoms with Gasteiger partial charge in [0.1, 0.15) is 6.33 Å². The molecule has 20 heavy (non-hydrogen) atoms. The molecule has 1 amide bonds. The number of amides is 1. The van der Waals surface area contributed by atoms with Gasteiger partial charge in [-0.15, -0.1) is 10.2 Å². The summed E-state index contributed by atoms with van der Waals surface area (Å²) in [5, 5.41) is 8.60. The Morgan fingerprint density at radius 2 is 2.35 bits per heavy atom.